The topological polar surface area (TPSA) is 56.4 Å². The molecule has 0 aromatic heterocycles. The fraction of sp³-hybridized carbons (Fsp3) is 0.588. The SMILES string of the molecule is CCN(CC)C1CCN(C(CC(=N)N)c2ccccc2)C1. The third-order valence-corrected chi connectivity index (χ3v) is 4.56. The monoisotopic (exact) mass is 288 g/mol. The van der Waals surface area contributed by atoms with E-state index in [1.807, 2.05) is 6.07 Å². The number of rotatable bonds is 7. The summed E-state index contributed by atoms with van der Waals surface area (Å²) in [5.74, 6) is 0.273. The van der Waals surface area contributed by atoms with Crippen LogP contribution in [-0.4, -0.2) is 47.9 Å². The van der Waals surface area contributed by atoms with Gasteiger partial charge in [-0.25, -0.2) is 0 Å². The number of nitrogens with two attached hydrogens (primary N) is 1. The van der Waals surface area contributed by atoms with Crippen LogP contribution in [0.1, 0.15) is 38.3 Å². The summed E-state index contributed by atoms with van der Waals surface area (Å²) in [5, 5.41) is 7.69. The van der Waals surface area contributed by atoms with E-state index in [0.29, 0.717) is 12.5 Å². The summed E-state index contributed by atoms with van der Waals surface area (Å²) in [4.78, 5) is 5.04. The van der Waals surface area contributed by atoms with Crippen molar-refractivity contribution in [1.29, 1.82) is 5.41 Å². The lowest BCUT2D eigenvalue weighted by molar-refractivity contribution is 0.189. The Labute approximate surface area is 128 Å². The van der Waals surface area contributed by atoms with Crippen LogP contribution in [0.4, 0.5) is 0 Å². The van der Waals surface area contributed by atoms with Crippen molar-refractivity contribution in [2.24, 2.45) is 5.73 Å². The first kappa shape index (κ1) is 16.0. The van der Waals surface area contributed by atoms with Gasteiger partial charge in [0.15, 0.2) is 0 Å². The van der Waals surface area contributed by atoms with Crippen molar-refractivity contribution in [3.8, 4) is 0 Å². The maximum Gasteiger partial charge on any atom is 0.0924 e. The minimum atomic E-state index is 0.240. The summed E-state index contributed by atoms with van der Waals surface area (Å²) >= 11 is 0. The zero-order valence-electron chi connectivity index (χ0n) is 13.3. The molecular weight excluding hydrogens is 260 g/mol. The molecule has 2 atom stereocenters. The second-order valence-corrected chi connectivity index (χ2v) is 5.81. The number of nitrogens with zero attached hydrogens (tertiary/aromatic N) is 2. The lowest BCUT2D eigenvalue weighted by Crippen LogP contribution is -2.38. The second kappa shape index (κ2) is 7.57. The number of hydrogen-bond donors (Lipinski definition) is 2. The first-order valence-electron chi connectivity index (χ1n) is 8.01. The van der Waals surface area contributed by atoms with Gasteiger partial charge in [-0.2, -0.15) is 0 Å². The van der Waals surface area contributed by atoms with Crippen LogP contribution in [0.5, 0.6) is 0 Å². The van der Waals surface area contributed by atoms with Gasteiger partial charge in [-0.1, -0.05) is 44.2 Å². The summed E-state index contributed by atoms with van der Waals surface area (Å²) in [6, 6.07) is 11.4. The Morgan fingerprint density at radius 2 is 2.00 bits per heavy atom. The van der Waals surface area contributed by atoms with Crippen LogP contribution in [0.3, 0.4) is 0 Å². The molecule has 1 aliphatic heterocycles. The number of amidine groups is 1. The maximum absolute atomic E-state index is 7.69. The van der Waals surface area contributed by atoms with Gasteiger partial charge in [0.25, 0.3) is 0 Å². The number of likely N-dealkylation sites (tertiary alicyclic amines) is 1. The van der Waals surface area contributed by atoms with Crippen LogP contribution in [0.2, 0.25) is 0 Å². The minimum Gasteiger partial charge on any atom is -0.388 e. The van der Waals surface area contributed by atoms with Gasteiger partial charge < -0.3 is 5.73 Å². The molecule has 2 unspecified atom stereocenters. The Morgan fingerprint density at radius 1 is 1.33 bits per heavy atom. The highest BCUT2D eigenvalue weighted by Gasteiger charge is 2.31. The van der Waals surface area contributed by atoms with E-state index in [9.17, 15) is 0 Å². The van der Waals surface area contributed by atoms with Crippen molar-refractivity contribution in [1.82, 2.24) is 9.80 Å². The smallest absolute Gasteiger partial charge is 0.0924 e. The first-order valence-corrected chi connectivity index (χ1v) is 8.01. The molecule has 0 aliphatic carbocycles. The van der Waals surface area contributed by atoms with Crippen molar-refractivity contribution < 1.29 is 0 Å². The molecule has 1 aromatic carbocycles. The van der Waals surface area contributed by atoms with Gasteiger partial charge in [-0.15, -0.1) is 0 Å². The van der Waals surface area contributed by atoms with Gasteiger partial charge in [0.2, 0.25) is 0 Å². The molecule has 1 saturated heterocycles. The van der Waals surface area contributed by atoms with Crippen LogP contribution >= 0.6 is 0 Å². The zero-order valence-corrected chi connectivity index (χ0v) is 13.3. The summed E-state index contributed by atoms with van der Waals surface area (Å²) in [5.41, 5.74) is 6.96. The predicted octanol–water partition coefficient (Wildman–Crippen LogP) is 2.47. The molecule has 1 fully saturated rings. The van der Waals surface area contributed by atoms with Gasteiger partial charge in [0.1, 0.15) is 0 Å². The molecule has 116 valence electrons. The molecule has 3 N–H and O–H groups in total. The molecule has 0 saturated carbocycles. The Hall–Kier alpha value is -1.39. The van der Waals surface area contributed by atoms with Crippen LogP contribution < -0.4 is 5.73 Å². The molecule has 1 aliphatic rings. The van der Waals surface area contributed by atoms with Crippen molar-refractivity contribution in [3.05, 3.63) is 35.9 Å². The molecule has 0 amide bonds. The molecule has 0 radical (unpaired) electrons. The number of likely N-dealkylation sites (N-methyl/N-ethyl adjacent to an activating group) is 1. The van der Waals surface area contributed by atoms with E-state index >= 15 is 0 Å². The number of benzene rings is 1. The van der Waals surface area contributed by atoms with Crippen LogP contribution in [-0.2, 0) is 0 Å². The molecule has 2 rings (SSSR count). The average Bonchev–Trinajstić information content (AvgIpc) is 2.96. The zero-order chi connectivity index (χ0) is 15.2. The lowest BCUT2D eigenvalue weighted by atomic mass is 10.0. The third kappa shape index (κ3) is 4.05. The Kier molecular flexibility index (Phi) is 5.76. The fourth-order valence-corrected chi connectivity index (χ4v) is 3.43. The molecule has 0 spiro atoms. The first-order chi connectivity index (χ1) is 10.2. The van der Waals surface area contributed by atoms with Crippen LogP contribution in [0.25, 0.3) is 0 Å². The van der Waals surface area contributed by atoms with Gasteiger partial charge in [-0.05, 0) is 25.1 Å². The normalized spacial score (nSPS) is 20.8. The Bertz CT molecular complexity index is 441. The highest BCUT2D eigenvalue weighted by molar-refractivity contribution is 5.77. The standard InChI is InChI=1S/C17H28N4/c1-3-20(4-2)15-10-11-21(13-15)16(12-17(18)19)14-8-6-5-7-9-14/h5-9,15-16H,3-4,10-13H2,1-2H3,(H3,18,19). The molecule has 0 bridgehead atoms. The van der Waals surface area contributed by atoms with E-state index in [0.717, 1.165) is 26.2 Å². The Morgan fingerprint density at radius 3 is 2.57 bits per heavy atom. The largest absolute Gasteiger partial charge is 0.388 e. The summed E-state index contributed by atoms with van der Waals surface area (Å²) < 4.78 is 0. The summed E-state index contributed by atoms with van der Waals surface area (Å²) in [7, 11) is 0. The highest BCUT2D eigenvalue weighted by atomic mass is 15.3. The third-order valence-electron chi connectivity index (χ3n) is 4.56. The average molecular weight is 288 g/mol. The Balaban J connectivity index is 2.10. The van der Waals surface area contributed by atoms with E-state index in [2.05, 4.69) is 47.9 Å². The van der Waals surface area contributed by atoms with Crippen LogP contribution in [0.15, 0.2) is 30.3 Å². The molecule has 4 nitrogen and oxygen atoms in total. The van der Waals surface area contributed by atoms with Crippen LogP contribution in [0, 0.1) is 5.41 Å². The van der Waals surface area contributed by atoms with Gasteiger partial charge >= 0.3 is 0 Å². The van der Waals surface area contributed by atoms with E-state index in [1.54, 1.807) is 0 Å². The molecule has 1 heterocycles. The van der Waals surface area contributed by atoms with Gasteiger partial charge in [0, 0.05) is 31.6 Å². The minimum absolute atomic E-state index is 0.240. The lowest BCUT2D eigenvalue weighted by Gasteiger charge is -2.30. The molecule has 1 aromatic rings. The summed E-state index contributed by atoms with van der Waals surface area (Å²) in [6.45, 7) is 8.85. The predicted molar refractivity (Wildman–Crippen MR) is 88.6 cm³/mol. The number of hydrogen-bond acceptors (Lipinski definition) is 3. The van der Waals surface area contributed by atoms with Gasteiger partial charge in [0.05, 0.1) is 5.84 Å². The molecular formula is C17H28N4. The quantitative estimate of drug-likeness (QED) is 0.598. The number of nitrogens with one attached hydrogen (secondary N) is 1. The van der Waals surface area contributed by atoms with Crippen molar-refractivity contribution in [2.45, 2.75) is 38.8 Å². The van der Waals surface area contributed by atoms with E-state index in [1.165, 1.54) is 12.0 Å². The van der Waals surface area contributed by atoms with Crippen molar-refractivity contribution in [2.75, 3.05) is 26.2 Å². The van der Waals surface area contributed by atoms with Crippen molar-refractivity contribution in [3.63, 3.8) is 0 Å². The van der Waals surface area contributed by atoms with E-state index in [4.69, 9.17) is 11.1 Å². The highest BCUT2D eigenvalue weighted by Crippen LogP contribution is 2.29. The van der Waals surface area contributed by atoms with Crippen molar-refractivity contribution >= 4 is 5.84 Å². The van der Waals surface area contributed by atoms with E-state index in [-0.39, 0.29) is 11.9 Å². The second-order valence-electron chi connectivity index (χ2n) is 5.81. The van der Waals surface area contributed by atoms with E-state index < -0.39 is 0 Å². The molecule has 21 heavy (non-hydrogen) atoms. The van der Waals surface area contributed by atoms with Gasteiger partial charge in [-0.3, -0.25) is 15.2 Å². The summed E-state index contributed by atoms with van der Waals surface area (Å²) in [6.07, 6.45) is 1.83. The fourth-order valence-electron chi connectivity index (χ4n) is 3.43. The molecule has 4 heteroatoms. The maximum atomic E-state index is 7.69.